The summed E-state index contributed by atoms with van der Waals surface area (Å²) in [5.41, 5.74) is -0.740. The first-order valence-electron chi connectivity index (χ1n) is 8.72. The third-order valence-electron chi connectivity index (χ3n) is 4.30. The molecule has 0 fully saturated rings. The van der Waals surface area contributed by atoms with Gasteiger partial charge in [0, 0.05) is 0 Å². The van der Waals surface area contributed by atoms with Crippen molar-refractivity contribution in [3.8, 4) is 0 Å². The van der Waals surface area contributed by atoms with Crippen LogP contribution in [0, 0.1) is 5.92 Å². The molecule has 0 aromatic heterocycles. The molecule has 0 bridgehead atoms. The predicted octanol–water partition coefficient (Wildman–Crippen LogP) is 6.53. The van der Waals surface area contributed by atoms with Crippen LogP contribution in [-0.2, 0) is 5.11 Å². The molecule has 0 saturated heterocycles. The standard InChI is InChI=1S/C18H37O/c1-5-7-9-11-12-14-16-17(18(3,4)19)15-13-10-8-6-2/h17H,5-16H2,1-4H3. The average molecular weight is 269 g/mol. The van der Waals surface area contributed by atoms with Crippen molar-refractivity contribution in [2.45, 2.75) is 110 Å². The van der Waals surface area contributed by atoms with Crippen LogP contribution in [0.5, 0.6) is 0 Å². The van der Waals surface area contributed by atoms with Gasteiger partial charge < -0.3 is 0 Å². The Hall–Kier alpha value is -0.0400. The Kier molecular flexibility index (Phi) is 11.7. The van der Waals surface area contributed by atoms with Gasteiger partial charge in [-0.1, -0.05) is 78.1 Å². The van der Waals surface area contributed by atoms with Gasteiger partial charge in [-0.2, -0.15) is 0 Å². The zero-order chi connectivity index (χ0) is 14.6. The Labute approximate surface area is 122 Å². The first kappa shape index (κ1) is 19.0. The van der Waals surface area contributed by atoms with Crippen molar-refractivity contribution >= 4 is 0 Å². The van der Waals surface area contributed by atoms with Gasteiger partial charge in [0.25, 0.3) is 0 Å². The Balaban J connectivity index is 3.75. The average Bonchev–Trinajstić information content (AvgIpc) is 2.34. The summed E-state index contributed by atoms with van der Waals surface area (Å²) in [4.78, 5) is 0. The van der Waals surface area contributed by atoms with Crippen LogP contribution in [0.4, 0.5) is 0 Å². The fraction of sp³-hybridized carbons (Fsp3) is 1.00. The molecule has 1 atom stereocenters. The van der Waals surface area contributed by atoms with Gasteiger partial charge in [0.1, 0.15) is 5.60 Å². The maximum Gasteiger partial charge on any atom is 0.101 e. The van der Waals surface area contributed by atoms with Crippen LogP contribution in [0.15, 0.2) is 0 Å². The molecule has 1 heteroatoms. The summed E-state index contributed by atoms with van der Waals surface area (Å²) in [5, 5.41) is 12.2. The van der Waals surface area contributed by atoms with E-state index in [9.17, 15) is 5.11 Å². The molecule has 0 spiro atoms. The molecular weight excluding hydrogens is 232 g/mol. The van der Waals surface area contributed by atoms with Crippen LogP contribution in [0.2, 0.25) is 0 Å². The Morgan fingerprint density at radius 3 is 1.47 bits per heavy atom. The molecule has 0 N–H and O–H groups in total. The van der Waals surface area contributed by atoms with E-state index in [2.05, 4.69) is 13.8 Å². The van der Waals surface area contributed by atoms with Gasteiger partial charge in [-0.25, -0.2) is 5.11 Å². The largest absolute Gasteiger partial charge is 0.230 e. The number of rotatable bonds is 13. The van der Waals surface area contributed by atoms with Crippen LogP contribution in [0.3, 0.4) is 0 Å². The third kappa shape index (κ3) is 11.5. The predicted molar refractivity (Wildman–Crippen MR) is 85.0 cm³/mol. The normalized spacial score (nSPS) is 13.7. The van der Waals surface area contributed by atoms with E-state index in [1.807, 2.05) is 13.8 Å². The van der Waals surface area contributed by atoms with Gasteiger partial charge in [0.15, 0.2) is 0 Å². The second kappa shape index (κ2) is 11.8. The summed E-state index contributed by atoms with van der Waals surface area (Å²) < 4.78 is 0. The van der Waals surface area contributed by atoms with Crippen LogP contribution in [-0.4, -0.2) is 5.60 Å². The highest BCUT2D eigenvalue weighted by atomic mass is 16.3. The highest BCUT2D eigenvalue weighted by Crippen LogP contribution is 2.29. The van der Waals surface area contributed by atoms with Gasteiger partial charge in [0.05, 0.1) is 0 Å². The highest BCUT2D eigenvalue weighted by Gasteiger charge is 2.27. The van der Waals surface area contributed by atoms with Crippen LogP contribution >= 0.6 is 0 Å². The minimum absolute atomic E-state index is 0.385. The second-order valence-electron chi connectivity index (χ2n) is 6.71. The molecule has 0 amide bonds. The molecule has 0 aromatic rings. The summed E-state index contributed by atoms with van der Waals surface area (Å²) in [6, 6.07) is 0. The van der Waals surface area contributed by atoms with E-state index in [1.54, 1.807) is 0 Å². The first-order chi connectivity index (χ1) is 9.02. The molecule has 19 heavy (non-hydrogen) atoms. The molecule has 0 saturated carbocycles. The fourth-order valence-corrected chi connectivity index (χ4v) is 2.83. The van der Waals surface area contributed by atoms with E-state index in [4.69, 9.17) is 0 Å². The van der Waals surface area contributed by atoms with Gasteiger partial charge in [0.2, 0.25) is 0 Å². The van der Waals surface area contributed by atoms with Gasteiger partial charge in [-0.05, 0) is 32.6 Å². The third-order valence-corrected chi connectivity index (χ3v) is 4.30. The van der Waals surface area contributed by atoms with E-state index in [0.717, 1.165) is 12.8 Å². The molecule has 1 radical (unpaired) electrons. The van der Waals surface area contributed by atoms with Crippen molar-refractivity contribution in [2.24, 2.45) is 5.92 Å². The maximum absolute atomic E-state index is 12.2. The van der Waals surface area contributed by atoms with E-state index in [0.29, 0.717) is 5.92 Å². The highest BCUT2D eigenvalue weighted by molar-refractivity contribution is 4.77. The summed E-state index contributed by atoms with van der Waals surface area (Å²) >= 11 is 0. The number of unbranched alkanes of at least 4 members (excludes halogenated alkanes) is 8. The molecule has 0 aliphatic rings. The quantitative estimate of drug-likeness (QED) is 0.339. The van der Waals surface area contributed by atoms with Crippen molar-refractivity contribution in [3.05, 3.63) is 0 Å². The van der Waals surface area contributed by atoms with Crippen molar-refractivity contribution in [1.82, 2.24) is 0 Å². The lowest BCUT2D eigenvalue weighted by molar-refractivity contribution is -0.0538. The monoisotopic (exact) mass is 269 g/mol. The summed E-state index contributed by atoms with van der Waals surface area (Å²) in [6.45, 7) is 8.26. The van der Waals surface area contributed by atoms with Crippen molar-refractivity contribution < 1.29 is 5.11 Å². The second-order valence-corrected chi connectivity index (χ2v) is 6.71. The Morgan fingerprint density at radius 2 is 1.05 bits per heavy atom. The minimum Gasteiger partial charge on any atom is -0.230 e. The van der Waals surface area contributed by atoms with Crippen LogP contribution < -0.4 is 0 Å². The molecule has 0 aliphatic carbocycles. The molecule has 1 unspecified atom stereocenters. The summed E-state index contributed by atoms with van der Waals surface area (Å²) in [6.07, 6.45) is 15.4. The van der Waals surface area contributed by atoms with E-state index in [1.165, 1.54) is 64.2 Å². The van der Waals surface area contributed by atoms with Crippen molar-refractivity contribution in [1.29, 1.82) is 0 Å². The molecule has 0 aromatic carbocycles. The molecule has 115 valence electrons. The van der Waals surface area contributed by atoms with Crippen molar-refractivity contribution in [2.75, 3.05) is 0 Å². The molecule has 0 aliphatic heterocycles. The summed E-state index contributed by atoms with van der Waals surface area (Å²) in [7, 11) is 0. The fourth-order valence-electron chi connectivity index (χ4n) is 2.83. The smallest absolute Gasteiger partial charge is 0.101 e. The number of hydrogen-bond acceptors (Lipinski definition) is 0. The zero-order valence-corrected chi connectivity index (χ0v) is 14.0. The zero-order valence-electron chi connectivity index (χ0n) is 14.0. The summed E-state index contributed by atoms with van der Waals surface area (Å²) in [5.74, 6) is 0.385. The van der Waals surface area contributed by atoms with Crippen LogP contribution in [0.1, 0.15) is 105 Å². The topological polar surface area (TPSA) is 19.9 Å². The lowest BCUT2D eigenvalue weighted by Crippen LogP contribution is -2.29. The van der Waals surface area contributed by atoms with E-state index < -0.39 is 5.60 Å². The van der Waals surface area contributed by atoms with Crippen molar-refractivity contribution in [3.63, 3.8) is 0 Å². The Bertz CT molecular complexity index is 181. The minimum atomic E-state index is -0.740. The van der Waals surface area contributed by atoms with Gasteiger partial charge in [-0.15, -0.1) is 0 Å². The van der Waals surface area contributed by atoms with Crippen LogP contribution in [0.25, 0.3) is 0 Å². The molecule has 0 rings (SSSR count). The molecule has 0 heterocycles. The van der Waals surface area contributed by atoms with Gasteiger partial charge >= 0.3 is 0 Å². The first-order valence-corrected chi connectivity index (χ1v) is 8.72. The maximum atomic E-state index is 12.2. The SMILES string of the molecule is CCCCCCCCC(CCCCCC)C(C)(C)[O]. The van der Waals surface area contributed by atoms with Gasteiger partial charge in [-0.3, -0.25) is 0 Å². The number of hydrogen-bond donors (Lipinski definition) is 0. The molecular formula is C18H37O. The van der Waals surface area contributed by atoms with E-state index in [-0.39, 0.29) is 0 Å². The molecule has 1 nitrogen and oxygen atoms in total. The van der Waals surface area contributed by atoms with E-state index >= 15 is 0 Å². The Morgan fingerprint density at radius 1 is 0.684 bits per heavy atom. The lowest BCUT2D eigenvalue weighted by atomic mass is 9.82. The lowest BCUT2D eigenvalue weighted by Gasteiger charge is -2.27.